The van der Waals surface area contributed by atoms with E-state index in [1.54, 1.807) is 18.9 Å². The van der Waals surface area contributed by atoms with Crippen LogP contribution in [0.25, 0.3) is 0 Å². The molecule has 1 aromatic carbocycles. The maximum Gasteiger partial charge on any atom is 0.633 e. The lowest BCUT2D eigenvalue weighted by atomic mass is 10.1. The Balaban J connectivity index is 1.87. The molecule has 1 aromatic heterocycles. The van der Waals surface area contributed by atoms with E-state index in [0.29, 0.717) is 43.1 Å². The fraction of sp³-hybridized carbons (Fsp3) is 0.562. The van der Waals surface area contributed by atoms with E-state index in [1.807, 2.05) is 18.2 Å². The first-order chi connectivity index (χ1) is 13.0. The summed E-state index contributed by atoms with van der Waals surface area (Å²) in [6.07, 6.45) is 2.81. The molecule has 0 spiro atoms. The second kappa shape index (κ2) is 10.8. The molecule has 27 heavy (non-hydrogen) atoms. The fourth-order valence-corrected chi connectivity index (χ4v) is 2.69. The van der Waals surface area contributed by atoms with Gasteiger partial charge in [0.25, 0.3) is 0 Å². The minimum atomic E-state index is -1.73. The zero-order valence-corrected chi connectivity index (χ0v) is 15.6. The lowest BCUT2D eigenvalue weighted by molar-refractivity contribution is 0.181. The molecule has 1 heterocycles. The number of aryl methyl sites for hydroxylation is 2. The highest BCUT2D eigenvalue weighted by Gasteiger charge is 2.15. The van der Waals surface area contributed by atoms with Crippen molar-refractivity contribution < 1.29 is 24.2 Å². The van der Waals surface area contributed by atoms with Gasteiger partial charge in [-0.3, -0.25) is 0 Å². The molecule has 0 aliphatic rings. The molecule has 0 fully saturated rings. The number of aromatic nitrogens is 4. The summed E-state index contributed by atoms with van der Waals surface area (Å²) < 4.78 is 16.9. The van der Waals surface area contributed by atoms with Crippen LogP contribution in [0.1, 0.15) is 36.7 Å². The molecule has 11 heteroatoms. The monoisotopic (exact) mass is 379 g/mol. The van der Waals surface area contributed by atoms with Crippen molar-refractivity contribution in [2.24, 2.45) is 5.73 Å². The summed E-state index contributed by atoms with van der Waals surface area (Å²) in [5.74, 6) is 1.99. The summed E-state index contributed by atoms with van der Waals surface area (Å²) in [4.78, 5) is 0. The van der Waals surface area contributed by atoms with Crippen LogP contribution in [0, 0.1) is 0 Å². The van der Waals surface area contributed by atoms with E-state index in [0.717, 1.165) is 12.0 Å². The first-order valence-electron chi connectivity index (χ1n) is 8.75. The lowest BCUT2D eigenvalue weighted by Gasteiger charge is -2.12. The Labute approximate surface area is 158 Å². The fourth-order valence-electron chi connectivity index (χ4n) is 2.69. The molecule has 2 rings (SSSR count). The van der Waals surface area contributed by atoms with Gasteiger partial charge in [0, 0.05) is 13.2 Å². The Hall–Kier alpha value is -2.21. The van der Waals surface area contributed by atoms with E-state index in [9.17, 15) is 0 Å². The van der Waals surface area contributed by atoms with Crippen LogP contribution in [0.2, 0.25) is 0 Å². The van der Waals surface area contributed by atoms with Gasteiger partial charge in [-0.05, 0) is 53.8 Å². The number of ether oxygens (including phenoxy) is 2. The lowest BCUT2D eigenvalue weighted by Crippen LogP contribution is -2.19. The predicted molar refractivity (Wildman–Crippen MR) is 98.0 cm³/mol. The van der Waals surface area contributed by atoms with Crippen LogP contribution in [0.15, 0.2) is 18.2 Å². The van der Waals surface area contributed by atoms with E-state index < -0.39 is 7.32 Å². The number of unbranched alkanes of at least 4 members (excludes halogenated alkanes) is 1. The van der Waals surface area contributed by atoms with Crippen molar-refractivity contribution in [2.45, 2.75) is 38.3 Å². The van der Waals surface area contributed by atoms with Gasteiger partial charge < -0.3 is 29.9 Å². The number of methoxy groups -OCH3 is 2. The molecule has 0 amide bonds. The van der Waals surface area contributed by atoms with Gasteiger partial charge in [-0.25, -0.2) is 4.68 Å². The highest BCUT2D eigenvalue weighted by atomic mass is 16.6. The van der Waals surface area contributed by atoms with E-state index in [1.165, 1.54) is 0 Å². The van der Waals surface area contributed by atoms with Crippen molar-refractivity contribution in [2.75, 3.05) is 20.8 Å². The maximum absolute atomic E-state index is 8.63. The number of hydrogen-bond donors (Lipinski definition) is 3. The van der Waals surface area contributed by atoms with Crippen molar-refractivity contribution in [3.63, 3.8) is 0 Å². The molecule has 0 aliphatic carbocycles. The normalized spacial score (nSPS) is 12.0. The topological polar surface area (TPSA) is 138 Å². The average molecular weight is 379 g/mol. The molecular weight excluding hydrogens is 353 g/mol. The Morgan fingerprint density at radius 2 is 1.96 bits per heavy atom. The highest BCUT2D eigenvalue weighted by Crippen LogP contribution is 2.27. The van der Waals surface area contributed by atoms with Gasteiger partial charge >= 0.3 is 7.32 Å². The van der Waals surface area contributed by atoms with Gasteiger partial charge in [-0.1, -0.05) is 6.07 Å². The molecule has 0 aliphatic heterocycles. The third-order valence-corrected chi connectivity index (χ3v) is 4.13. The Morgan fingerprint density at radius 3 is 2.67 bits per heavy atom. The van der Waals surface area contributed by atoms with Crippen LogP contribution in [0.5, 0.6) is 11.5 Å². The molecule has 0 radical (unpaired) electrons. The molecule has 1 atom stereocenters. The van der Waals surface area contributed by atoms with Gasteiger partial charge in [0.05, 0.1) is 20.3 Å². The predicted octanol–water partition coefficient (Wildman–Crippen LogP) is 0.0892. The molecule has 4 N–H and O–H groups in total. The molecule has 2 aromatic rings. The van der Waals surface area contributed by atoms with Crippen LogP contribution < -0.4 is 15.2 Å². The van der Waals surface area contributed by atoms with Crippen LogP contribution >= 0.6 is 0 Å². The third-order valence-electron chi connectivity index (χ3n) is 4.13. The van der Waals surface area contributed by atoms with Gasteiger partial charge in [-0.2, -0.15) is 0 Å². The van der Waals surface area contributed by atoms with E-state index in [2.05, 4.69) is 20.2 Å². The largest absolute Gasteiger partial charge is 0.633 e. The Morgan fingerprint density at radius 1 is 1.19 bits per heavy atom. The Kier molecular flexibility index (Phi) is 8.46. The van der Waals surface area contributed by atoms with Crippen LogP contribution in [0.4, 0.5) is 0 Å². The average Bonchev–Trinajstić information content (AvgIpc) is 3.14. The van der Waals surface area contributed by atoms with Gasteiger partial charge in [0.15, 0.2) is 17.3 Å². The van der Waals surface area contributed by atoms with Gasteiger partial charge in [-0.15, -0.1) is 5.10 Å². The summed E-state index contributed by atoms with van der Waals surface area (Å²) in [6.45, 7) is 0.847. The van der Waals surface area contributed by atoms with Crippen molar-refractivity contribution in [1.29, 1.82) is 0 Å². The van der Waals surface area contributed by atoms with Crippen LogP contribution in [0.3, 0.4) is 0 Å². The number of rotatable bonds is 12. The quantitative estimate of drug-likeness (QED) is 0.346. The highest BCUT2D eigenvalue weighted by molar-refractivity contribution is 6.32. The van der Waals surface area contributed by atoms with Gasteiger partial charge in [0.2, 0.25) is 0 Å². The van der Waals surface area contributed by atoms with Crippen LogP contribution in [-0.4, -0.2) is 58.4 Å². The minimum Gasteiger partial charge on any atom is -0.493 e. The van der Waals surface area contributed by atoms with Gasteiger partial charge in [0.1, 0.15) is 0 Å². The summed E-state index contributed by atoms with van der Waals surface area (Å²) in [5.41, 5.74) is 7.27. The first-order valence-corrected chi connectivity index (χ1v) is 8.75. The standard InChI is InChI=1S/C16H26BN5O5/c1-25-14-7-6-12(11-15(14)26-2)8-9-22-16(19-20-21-22)13(18)5-3-4-10-27-17(23)24/h6-7,11,13,23-24H,3-5,8-10,18H2,1-2H3. The van der Waals surface area contributed by atoms with Crippen molar-refractivity contribution in [3.8, 4) is 11.5 Å². The van der Waals surface area contributed by atoms with E-state index >= 15 is 0 Å². The molecule has 1 unspecified atom stereocenters. The summed E-state index contributed by atoms with van der Waals surface area (Å²) >= 11 is 0. The molecule has 0 saturated heterocycles. The van der Waals surface area contributed by atoms with E-state index in [4.69, 9.17) is 25.3 Å². The first kappa shape index (κ1) is 21.1. The SMILES string of the molecule is COc1ccc(CCn2nnnc2C(N)CCCCOB(O)O)cc1OC. The molecule has 10 nitrogen and oxygen atoms in total. The second-order valence-corrected chi connectivity index (χ2v) is 6.00. The van der Waals surface area contributed by atoms with Crippen molar-refractivity contribution >= 4 is 7.32 Å². The molecular formula is C16H26BN5O5. The van der Waals surface area contributed by atoms with Crippen molar-refractivity contribution in [1.82, 2.24) is 20.2 Å². The van der Waals surface area contributed by atoms with E-state index in [-0.39, 0.29) is 12.6 Å². The zero-order chi connectivity index (χ0) is 19.6. The summed E-state index contributed by atoms with van der Waals surface area (Å²) in [7, 11) is 1.47. The summed E-state index contributed by atoms with van der Waals surface area (Å²) in [5, 5.41) is 29.0. The third kappa shape index (κ3) is 6.47. The van der Waals surface area contributed by atoms with Crippen LogP contribution in [-0.2, 0) is 17.6 Å². The molecule has 148 valence electrons. The second-order valence-electron chi connectivity index (χ2n) is 6.00. The maximum atomic E-state index is 8.63. The Bertz CT molecular complexity index is 700. The van der Waals surface area contributed by atoms with Crippen molar-refractivity contribution in [3.05, 3.63) is 29.6 Å². The number of benzene rings is 1. The smallest absolute Gasteiger partial charge is 0.493 e. The minimum absolute atomic E-state index is 0.259. The number of hydrogen-bond acceptors (Lipinski definition) is 9. The number of nitrogens with two attached hydrogens (primary N) is 1. The zero-order valence-electron chi connectivity index (χ0n) is 15.6. The number of nitrogens with zero attached hydrogens (tertiary/aromatic N) is 4. The summed E-state index contributed by atoms with van der Waals surface area (Å²) in [6, 6.07) is 5.47. The number of tetrazole rings is 1. The molecule has 0 saturated carbocycles. The molecule has 0 bridgehead atoms.